The Morgan fingerprint density at radius 3 is 2.22 bits per heavy atom. The molecule has 6 aromatic rings. The van der Waals surface area contributed by atoms with Crippen LogP contribution in [0.1, 0.15) is 35.2 Å². The smallest absolute Gasteiger partial charge is 0.347 e. The van der Waals surface area contributed by atoms with E-state index in [0.717, 1.165) is 9.58 Å². The number of nitrogens with one attached hydrogen (secondary N) is 1. The molecule has 64 heavy (non-hydrogen) atoms. The Morgan fingerprint density at radius 2 is 1.55 bits per heavy atom. The molecule has 9 rings (SSSR count). The van der Waals surface area contributed by atoms with E-state index in [1.807, 2.05) is 0 Å². The second-order valence-electron chi connectivity index (χ2n) is 15.7. The number of ether oxygens (including phenoxy) is 4. The van der Waals surface area contributed by atoms with Crippen LogP contribution in [0, 0.1) is 5.92 Å². The van der Waals surface area contributed by atoms with Gasteiger partial charge in [0.05, 0.1) is 74.1 Å². The van der Waals surface area contributed by atoms with Crippen molar-refractivity contribution >= 4 is 51.7 Å². The van der Waals surface area contributed by atoms with Crippen LogP contribution in [-0.4, -0.2) is 73.9 Å². The molecule has 2 N–H and O–H groups in total. The van der Waals surface area contributed by atoms with E-state index in [0.29, 0.717) is 50.2 Å². The summed E-state index contributed by atoms with van der Waals surface area (Å²) >= 11 is 12.8. The average Bonchev–Trinajstić information content (AvgIpc) is 3.67. The number of methoxy groups -OCH3 is 4. The molecule has 0 bridgehead atoms. The summed E-state index contributed by atoms with van der Waals surface area (Å²) in [6, 6.07) is 18.4. The standard InChI is InChI=1S/C45H41Cl2N7O10/c1-50-35-22-38(64-5)37(63-4)21-33(35)48-32(41(50)57)15-16-51-43(59)52-17-14-27-34(54(52)44(51)60)20-29-40(56)53(49-31-13-8-24(46)18-30(31)47)42(58)45(29,23-6-9-25(61-2)10-7-23)39(27)28-12-11-26(62-3)19-36(28)55/h6-14,18-19,21-22,29,34,39,49,55H,15-17,20H2,1-5H3. The van der Waals surface area contributed by atoms with E-state index in [2.05, 4.69) is 10.4 Å². The highest BCUT2D eigenvalue weighted by molar-refractivity contribution is 6.36. The molecule has 17 nitrogen and oxygen atoms in total. The van der Waals surface area contributed by atoms with Gasteiger partial charge in [-0.3, -0.25) is 19.8 Å². The zero-order valence-electron chi connectivity index (χ0n) is 35.1. The fourth-order valence-electron chi connectivity index (χ4n) is 9.67. The fraction of sp³-hybridized carbons (Fsp3) is 0.289. The SMILES string of the molecule is COc1ccc(C23C(=O)N(Nc4ccc(Cl)cc4Cl)C(=O)C2CC2C(=CCn4c(=O)n(CCc5nc6cc(OC)c(OC)cc6n(C)c5=O)c(=O)n42)C3c2ccc(OC)cc2O)cc1. The molecule has 1 aliphatic carbocycles. The number of carbonyl (C=O) groups is 2. The molecule has 4 unspecified atom stereocenters. The number of hydrazine groups is 1. The zero-order valence-corrected chi connectivity index (χ0v) is 36.6. The molecule has 2 aromatic heterocycles. The van der Waals surface area contributed by atoms with Crippen LogP contribution >= 0.6 is 23.2 Å². The molecule has 2 aliphatic heterocycles. The van der Waals surface area contributed by atoms with Crippen LogP contribution in [0.4, 0.5) is 5.69 Å². The first-order valence-electron chi connectivity index (χ1n) is 20.1. The minimum atomic E-state index is -1.73. The Kier molecular flexibility index (Phi) is 10.6. The maximum absolute atomic E-state index is 15.5. The van der Waals surface area contributed by atoms with Crippen LogP contribution in [0.5, 0.6) is 28.7 Å². The molecule has 3 aliphatic rings. The summed E-state index contributed by atoms with van der Waals surface area (Å²) in [6.45, 7) is -0.293. The predicted octanol–water partition coefficient (Wildman–Crippen LogP) is 4.97. The maximum Gasteiger partial charge on any atom is 0.347 e. The third-order valence-corrected chi connectivity index (χ3v) is 13.2. The van der Waals surface area contributed by atoms with Gasteiger partial charge in [-0.2, -0.15) is 5.01 Å². The summed E-state index contributed by atoms with van der Waals surface area (Å²) in [5.41, 5.74) is 1.97. The number of hydrogen-bond acceptors (Lipinski definition) is 12. The van der Waals surface area contributed by atoms with Gasteiger partial charge < -0.3 is 28.6 Å². The number of carbonyl (C=O) groups excluding carboxylic acids is 2. The van der Waals surface area contributed by atoms with E-state index >= 15 is 9.59 Å². The number of aromatic hydroxyl groups is 1. The van der Waals surface area contributed by atoms with Gasteiger partial charge in [-0.15, -0.1) is 0 Å². The third kappa shape index (κ3) is 6.35. The normalized spacial score (nSPS) is 20.1. The summed E-state index contributed by atoms with van der Waals surface area (Å²) in [4.78, 5) is 77.7. The summed E-state index contributed by atoms with van der Waals surface area (Å²) in [6.07, 6.45) is 1.59. The van der Waals surface area contributed by atoms with Crippen molar-refractivity contribution in [3.63, 3.8) is 0 Å². The first-order valence-corrected chi connectivity index (χ1v) is 20.9. The monoisotopic (exact) mass is 909 g/mol. The van der Waals surface area contributed by atoms with Crippen molar-refractivity contribution in [1.29, 1.82) is 0 Å². The Bertz CT molecular complexity index is 3140. The average molecular weight is 911 g/mol. The van der Waals surface area contributed by atoms with Gasteiger partial charge in [-0.05, 0) is 54.0 Å². The van der Waals surface area contributed by atoms with Crippen LogP contribution in [0.15, 0.2) is 98.8 Å². The fourth-order valence-corrected chi connectivity index (χ4v) is 10.1. The van der Waals surface area contributed by atoms with Crippen LogP contribution in [0.2, 0.25) is 10.0 Å². The van der Waals surface area contributed by atoms with E-state index in [1.165, 1.54) is 54.5 Å². The lowest BCUT2D eigenvalue weighted by molar-refractivity contribution is -0.138. The van der Waals surface area contributed by atoms with E-state index < -0.39 is 52.0 Å². The number of fused-ring (bicyclic) bond motifs is 5. The van der Waals surface area contributed by atoms with Gasteiger partial charge in [0.2, 0.25) is 0 Å². The number of nitrogens with zero attached hydrogens (tertiary/aromatic N) is 6. The summed E-state index contributed by atoms with van der Waals surface area (Å²) < 4.78 is 26.8. The molecule has 4 atom stereocenters. The molecule has 4 heterocycles. The van der Waals surface area contributed by atoms with Crippen molar-refractivity contribution < 1.29 is 33.6 Å². The number of halogens is 2. The number of aryl methyl sites for hydroxylation is 2. The quantitative estimate of drug-likeness (QED) is 0.131. The topological polar surface area (TPSA) is 190 Å². The number of amides is 2. The lowest BCUT2D eigenvalue weighted by atomic mass is 9.53. The largest absolute Gasteiger partial charge is 0.508 e. The second-order valence-corrected chi connectivity index (χ2v) is 16.5. The molecular weight excluding hydrogens is 869 g/mol. The Balaban J connectivity index is 1.19. The first-order chi connectivity index (χ1) is 30.8. The van der Waals surface area contributed by atoms with E-state index in [-0.39, 0.29) is 53.6 Å². The van der Waals surface area contributed by atoms with E-state index in [1.54, 1.807) is 73.8 Å². The lowest BCUT2D eigenvalue weighted by Gasteiger charge is -2.49. The molecular formula is C45H41Cl2N7O10. The van der Waals surface area contributed by atoms with Gasteiger partial charge in [0.1, 0.15) is 22.9 Å². The molecule has 0 spiro atoms. The number of phenolic OH excluding ortho intramolecular Hbond substituents is 1. The van der Waals surface area contributed by atoms with E-state index in [4.69, 9.17) is 42.1 Å². The summed E-state index contributed by atoms with van der Waals surface area (Å²) in [5, 5.41) is 13.2. The van der Waals surface area contributed by atoms with Crippen molar-refractivity contribution in [3.8, 4) is 28.7 Å². The van der Waals surface area contributed by atoms with Crippen LogP contribution < -0.4 is 41.3 Å². The zero-order chi connectivity index (χ0) is 45.4. The second kappa shape index (κ2) is 16.0. The van der Waals surface area contributed by atoms with Gasteiger partial charge in [0.25, 0.3) is 17.4 Å². The molecule has 19 heteroatoms. The highest BCUT2D eigenvalue weighted by Crippen LogP contribution is 2.63. The van der Waals surface area contributed by atoms with Crippen molar-refractivity contribution in [2.75, 3.05) is 33.9 Å². The maximum atomic E-state index is 15.5. The number of benzene rings is 4. The van der Waals surface area contributed by atoms with Crippen LogP contribution in [0.25, 0.3) is 11.0 Å². The molecule has 2 fully saturated rings. The van der Waals surface area contributed by atoms with Crippen molar-refractivity contribution in [2.45, 2.75) is 43.3 Å². The Hall–Kier alpha value is -6.98. The molecule has 4 aromatic carbocycles. The molecule has 1 saturated carbocycles. The highest BCUT2D eigenvalue weighted by atomic mass is 35.5. The van der Waals surface area contributed by atoms with E-state index in [9.17, 15) is 19.5 Å². The summed E-state index contributed by atoms with van der Waals surface area (Å²) in [7, 11) is 7.52. The van der Waals surface area contributed by atoms with Gasteiger partial charge in [0.15, 0.2) is 11.5 Å². The molecule has 0 radical (unpaired) electrons. The first kappa shape index (κ1) is 42.3. The number of imide groups is 1. The van der Waals surface area contributed by atoms with Crippen molar-refractivity contribution in [3.05, 3.63) is 143 Å². The minimum Gasteiger partial charge on any atom is -0.508 e. The number of rotatable bonds is 11. The van der Waals surface area contributed by atoms with Gasteiger partial charge in [0, 0.05) is 54.7 Å². The van der Waals surface area contributed by atoms with Gasteiger partial charge in [-0.1, -0.05) is 47.5 Å². The number of hydrogen-bond donors (Lipinski definition) is 2. The van der Waals surface area contributed by atoms with Crippen LogP contribution in [0.3, 0.4) is 0 Å². The van der Waals surface area contributed by atoms with Crippen molar-refractivity contribution in [2.24, 2.45) is 13.0 Å². The lowest BCUT2D eigenvalue weighted by Crippen LogP contribution is -2.53. The third-order valence-electron chi connectivity index (χ3n) is 12.7. The van der Waals surface area contributed by atoms with Crippen molar-refractivity contribution in [1.82, 2.24) is 28.5 Å². The van der Waals surface area contributed by atoms with Gasteiger partial charge >= 0.3 is 11.4 Å². The molecule has 2 amide bonds. The number of anilines is 1. The van der Waals surface area contributed by atoms with Gasteiger partial charge in [-0.25, -0.2) is 28.5 Å². The van der Waals surface area contributed by atoms with Crippen LogP contribution in [-0.2, 0) is 41.6 Å². The number of phenols is 1. The highest BCUT2D eigenvalue weighted by Gasteiger charge is 2.69. The minimum absolute atomic E-state index is 0.0759. The molecule has 1 saturated heterocycles. The Morgan fingerprint density at radius 1 is 0.844 bits per heavy atom. The number of allylic oxidation sites excluding steroid dienone is 2. The predicted molar refractivity (Wildman–Crippen MR) is 236 cm³/mol. The molecule has 330 valence electrons. The summed E-state index contributed by atoms with van der Waals surface area (Å²) in [5.74, 6) is -2.11. The Labute approximate surface area is 374 Å². The number of aromatic nitrogens is 5.